The van der Waals surface area contributed by atoms with Gasteiger partial charge in [-0.15, -0.1) is 0 Å². The van der Waals surface area contributed by atoms with Crippen LogP contribution in [0.2, 0.25) is 0 Å². The Balaban J connectivity index is 1.84. The first-order valence-electron chi connectivity index (χ1n) is 7.12. The van der Waals surface area contributed by atoms with Gasteiger partial charge in [0.15, 0.2) is 11.7 Å². The summed E-state index contributed by atoms with van der Waals surface area (Å²) in [5.74, 6) is 1.05. The van der Waals surface area contributed by atoms with Gasteiger partial charge in [-0.05, 0) is 64.9 Å². The molecule has 0 aromatic heterocycles. The zero-order valence-corrected chi connectivity index (χ0v) is 15.7. The maximum absolute atomic E-state index is 11.9. The van der Waals surface area contributed by atoms with Crippen LogP contribution in [0, 0.1) is 6.92 Å². The van der Waals surface area contributed by atoms with E-state index in [0.29, 0.717) is 11.5 Å². The number of carbonyl (C=O) groups excluding carboxylic acids is 1. The van der Waals surface area contributed by atoms with Gasteiger partial charge in [0.05, 0.1) is 11.6 Å². The molecule has 0 unspecified atom stereocenters. The van der Waals surface area contributed by atoms with E-state index in [2.05, 4.69) is 26.6 Å². The number of para-hydroxylation sites is 1. The van der Waals surface area contributed by atoms with Crippen LogP contribution in [0.3, 0.4) is 0 Å². The van der Waals surface area contributed by atoms with Crippen molar-refractivity contribution in [2.45, 2.75) is 6.92 Å². The van der Waals surface area contributed by atoms with E-state index in [9.17, 15) is 4.79 Å². The van der Waals surface area contributed by atoms with Gasteiger partial charge in [-0.3, -0.25) is 10.1 Å². The van der Waals surface area contributed by atoms with Gasteiger partial charge in [-0.1, -0.05) is 18.2 Å². The Morgan fingerprint density at radius 2 is 1.96 bits per heavy atom. The fourth-order valence-electron chi connectivity index (χ4n) is 1.93. The molecule has 2 N–H and O–H groups in total. The molecule has 0 saturated heterocycles. The van der Waals surface area contributed by atoms with Crippen LogP contribution in [0.5, 0.6) is 11.5 Å². The highest BCUT2D eigenvalue weighted by Crippen LogP contribution is 2.27. The number of ether oxygens (including phenoxy) is 2. The number of benzene rings is 2. The Hall–Kier alpha value is -2.12. The van der Waals surface area contributed by atoms with Crippen LogP contribution in [0.15, 0.2) is 46.9 Å². The van der Waals surface area contributed by atoms with Gasteiger partial charge in [0, 0.05) is 5.69 Å². The zero-order valence-electron chi connectivity index (χ0n) is 13.3. The molecule has 2 rings (SSSR count). The minimum absolute atomic E-state index is 0.112. The standard InChI is InChI=1S/C17H17BrN2O3S/c1-11-5-3-4-6-14(11)23-10-16(21)20-17(24)19-12-7-8-15(22-2)13(18)9-12/h3-9H,10H2,1-2H3,(H2,19,20,21,24). The Morgan fingerprint density at radius 3 is 2.62 bits per heavy atom. The number of amides is 1. The first-order chi connectivity index (χ1) is 11.5. The van der Waals surface area contributed by atoms with Crippen LogP contribution < -0.4 is 20.1 Å². The van der Waals surface area contributed by atoms with Gasteiger partial charge in [0.1, 0.15) is 11.5 Å². The van der Waals surface area contributed by atoms with Crippen molar-refractivity contribution < 1.29 is 14.3 Å². The van der Waals surface area contributed by atoms with Crippen molar-refractivity contribution in [3.05, 3.63) is 52.5 Å². The molecular weight excluding hydrogens is 392 g/mol. The number of aryl methyl sites for hydroxylation is 1. The molecule has 0 fully saturated rings. The molecule has 0 aliphatic carbocycles. The first-order valence-corrected chi connectivity index (χ1v) is 8.32. The molecule has 1 amide bonds. The Kier molecular flexibility index (Phi) is 6.57. The molecule has 0 radical (unpaired) electrons. The van der Waals surface area contributed by atoms with Crippen molar-refractivity contribution in [2.24, 2.45) is 0 Å². The van der Waals surface area contributed by atoms with Gasteiger partial charge in [0.2, 0.25) is 0 Å². The highest BCUT2D eigenvalue weighted by molar-refractivity contribution is 9.10. The van der Waals surface area contributed by atoms with E-state index in [4.69, 9.17) is 21.7 Å². The van der Waals surface area contributed by atoms with E-state index < -0.39 is 0 Å². The van der Waals surface area contributed by atoms with Gasteiger partial charge >= 0.3 is 0 Å². The Morgan fingerprint density at radius 1 is 1.21 bits per heavy atom. The van der Waals surface area contributed by atoms with Crippen LogP contribution in [0.1, 0.15) is 5.56 Å². The molecule has 24 heavy (non-hydrogen) atoms. The minimum Gasteiger partial charge on any atom is -0.496 e. The lowest BCUT2D eigenvalue weighted by atomic mass is 10.2. The third-order valence-corrected chi connectivity index (χ3v) is 3.94. The number of hydrogen-bond donors (Lipinski definition) is 2. The Labute approximate surface area is 154 Å². The maximum atomic E-state index is 11.9. The van der Waals surface area contributed by atoms with Crippen molar-refractivity contribution in [1.29, 1.82) is 0 Å². The van der Waals surface area contributed by atoms with Crippen LogP contribution in [0.4, 0.5) is 5.69 Å². The molecule has 0 aliphatic rings. The molecule has 2 aromatic rings. The number of halogens is 1. The summed E-state index contributed by atoms with van der Waals surface area (Å²) in [6, 6.07) is 12.9. The summed E-state index contributed by atoms with van der Waals surface area (Å²) in [4.78, 5) is 11.9. The van der Waals surface area contributed by atoms with E-state index in [1.54, 1.807) is 25.3 Å². The normalized spacial score (nSPS) is 9.96. The van der Waals surface area contributed by atoms with E-state index >= 15 is 0 Å². The molecule has 5 nitrogen and oxygen atoms in total. The Bertz CT molecular complexity index is 752. The lowest BCUT2D eigenvalue weighted by Crippen LogP contribution is -2.37. The minimum atomic E-state index is -0.330. The average molecular weight is 409 g/mol. The summed E-state index contributed by atoms with van der Waals surface area (Å²) in [5, 5.41) is 5.71. The van der Waals surface area contributed by atoms with E-state index in [1.165, 1.54) is 0 Å². The second-order valence-electron chi connectivity index (χ2n) is 4.91. The van der Waals surface area contributed by atoms with E-state index in [0.717, 1.165) is 15.7 Å². The molecule has 0 spiro atoms. The second kappa shape index (κ2) is 8.65. The highest BCUT2D eigenvalue weighted by atomic mass is 79.9. The fourth-order valence-corrected chi connectivity index (χ4v) is 2.70. The lowest BCUT2D eigenvalue weighted by Gasteiger charge is -2.12. The topological polar surface area (TPSA) is 59.6 Å². The van der Waals surface area contributed by atoms with E-state index in [1.807, 2.05) is 31.2 Å². The number of thiocarbonyl (C=S) groups is 1. The first kappa shape index (κ1) is 18.2. The van der Waals surface area contributed by atoms with Crippen LogP contribution in [-0.2, 0) is 4.79 Å². The van der Waals surface area contributed by atoms with Gasteiger partial charge in [-0.2, -0.15) is 0 Å². The summed E-state index contributed by atoms with van der Waals surface area (Å²) in [5.41, 5.74) is 1.70. The highest BCUT2D eigenvalue weighted by Gasteiger charge is 2.08. The third-order valence-electron chi connectivity index (χ3n) is 3.11. The lowest BCUT2D eigenvalue weighted by molar-refractivity contribution is -0.121. The third kappa shape index (κ3) is 5.21. The SMILES string of the molecule is COc1ccc(NC(=S)NC(=O)COc2ccccc2C)cc1Br. The quantitative estimate of drug-likeness (QED) is 0.739. The number of methoxy groups -OCH3 is 1. The van der Waals surface area contributed by atoms with Crippen molar-refractivity contribution in [3.63, 3.8) is 0 Å². The van der Waals surface area contributed by atoms with Crippen LogP contribution in [0.25, 0.3) is 0 Å². The molecule has 2 aromatic carbocycles. The number of hydrogen-bond acceptors (Lipinski definition) is 4. The number of nitrogens with one attached hydrogen (secondary N) is 2. The molecular formula is C17H17BrN2O3S. The fraction of sp³-hybridized carbons (Fsp3) is 0.176. The summed E-state index contributed by atoms with van der Waals surface area (Å²) >= 11 is 8.52. The molecule has 126 valence electrons. The predicted molar refractivity (Wildman–Crippen MR) is 102 cm³/mol. The maximum Gasteiger partial charge on any atom is 0.264 e. The van der Waals surface area contributed by atoms with Crippen LogP contribution >= 0.6 is 28.1 Å². The van der Waals surface area contributed by atoms with Gasteiger partial charge < -0.3 is 14.8 Å². The molecule has 0 aliphatic heterocycles. The predicted octanol–water partition coefficient (Wildman–Crippen LogP) is 3.66. The summed E-state index contributed by atoms with van der Waals surface area (Å²) < 4.78 is 11.4. The molecule has 7 heteroatoms. The number of carbonyl (C=O) groups is 1. The van der Waals surface area contributed by atoms with Crippen molar-refractivity contribution in [2.75, 3.05) is 19.0 Å². The van der Waals surface area contributed by atoms with Gasteiger partial charge in [0.25, 0.3) is 5.91 Å². The summed E-state index contributed by atoms with van der Waals surface area (Å²) in [7, 11) is 1.59. The monoisotopic (exact) mass is 408 g/mol. The zero-order chi connectivity index (χ0) is 17.5. The summed E-state index contributed by atoms with van der Waals surface area (Å²) in [6.07, 6.45) is 0. The van der Waals surface area contributed by atoms with Crippen LogP contribution in [-0.4, -0.2) is 24.7 Å². The average Bonchev–Trinajstić information content (AvgIpc) is 2.54. The van der Waals surface area contributed by atoms with Crippen molar-refractivity contribution >= 4 is 44.9 Å². The smallest absolute Gasteiger partial charge is 0.264 e. The summed E-state index contributed by atoms with van der Waals surface area (Å²) in [6.45, 7) is 1.81. The second-order valence-corrected chi connectivity index (χ2v) is 6.17. The van der Waals surface area contributed by atoms with E-state index in [-0.39, 0.29) is 17.6 Å². The van der Waals surface area contributed by atoms with Crippen molar-refractivity contribution in [1.82, 2.24) is 5.32 Å². The number of anilines is 1. The largest absolute Gasteiger partial charge is 0.496 e. The number of rotatable bonds is 5. The molecule has 0 heterocycles. The molecule has 0 atom stereocenters. The molecule has 0 bridgehead atoms. The molecule has 0 saturated carbocycles. The van der Waals surface area contributed by atoms with Crippen molar-refractivity contribution in [3.8, 4) is 11.5 Å². The van der Waals surface area contributed by atoms with Gasteiger partial charge in [-0.25, -0.2) is 0 Å².